The maximum absolute atomic E-state index is 12.1. The number of nitrogens with zero attached hydrogens (tertiary/aromatic N) is 1. The normalized spacial score (nSPS) is 10.7. The van der Waals surface area contributed by atoms with Crippen molar-refractivity contribution >= 4 is 29.0 Å². The van der Waals surface area contributed by atoms with Crippen LogP contribution >= 0.6 is 23.1 Å². The molecule has 2 aromatic heterocycles. The lowest BCUT2D eigenvalue weighted by molar-refractivity contribution is 0.0921. The Morgan fingerprint density at radius 2 is 2.08 bits per heavy atom. The third kappa shape index (κ3) is 4.49. The Kier molecular flexibility index (Phi) is 5.72. The number of aromatic nitrogens is 1. The number of thioether (sulfide) groups is 1. The molecule has 1 aromatic carbocycles. The smallest absolute Gasteiger partial charge is 0.287 e. The van der Waals surface area contributed by atoms with Crippen LogP contribution in [-0.2, 0) is 18.7 Å². The molecule has 0 spiro atoms. The number of thiazole rings is 1. The predicted octanol–water partition coefficient (Wildman–Crippen LogP) is 4.52. The van der Waals surface area contributed by atoms with E-state index in [9.17, 15) is 4.79 Å². The van der Waals surface area contributed by atoms with Gasteiger partial charge < -0.3 is 9.73 Å². The first kappa shape index (κ1) is 16.8. The van der Waals surface area contributed by atoms with Gasteiger partial charge in [-0.3, -0.25) is 4.79 Å². The Hall–Kier alpha value is -2.05. The van der Waals surface area contributed by atoms with E-state index in [1.54, 1.807) is 29.2 Å². The summed E-state index contributed by atoms with van der Waals surface area (Å²) >= 11 is 3.24. The van der Waals surface area contributed by atoms with Crippen molar-refractivity contribution in [3.05, 3.63) is 70.1 Å². The van der Waals surface area contributed by atoms with Crippen LogP contribution in [0.2, 0.25) is 0 Å². The van der Waals surface area contributed by atoms with Gasteiger partial charge in [-0.25, -0.2) is 4.98 Å². The van der Waals surface area contributed by atoms with E-state index in [0.717, 1.165) is 22.9 Å². The highest BCUT2D eigenvalue weighted by atomic mass is 32.2. The molecule has 0 fully saturated rings. The summed E-state index contributed by atoms with van der Waals surface area (Å²) in [6, 6.07) is 13.7. The van der Waals surface area contributed by atoms with Gasteiger partial charge in [0.05, 0.1) is 18.0 Å². The first-order valence-electron chi connectivity index (χ1n) is 7.72. The van der Waals surface area contributed by atoms with E-state index in [1.165, 1.54) is 4.90 Å². The van der Waals surface area contributed by atoms with Crippen LogP contribution in [0.1, 0.15) is 33.9 Å². The number of furan rings is 1. The van der Waals surface area contributed by atoms with Gasteiger partial charge in [0.1, 0.15) is 10.8 Å². The van der Waals surface area contributed by atoms with Crippen LogP contribution in [0.4, 0.5) is 0 Å². The molecule has 0 unspecified atom stereocenters. The molecule has 124 valence electrons. The average molecular weight is 358 g/mol. The second-order valence-corrected chi connectivity index (χ2v) is 7.13. The van der Waals surface area contributed by atoms with Gasteiger partial charge in [0.2, 0.25) is 0 Å². The van der Waals surface area contributed by atoms with Gasteiger partial charge in [-0.05, 0) is 30.7 Å². The molecule has 0 aliphatic carbocycles. The highest BCUT2D eigenvalue weighted by Gasteiger charge is 2.12. The molecule has 0 atom stereocenters. The summed E-state index contributed by atoms with van der Waals surface area (Å²) in [7, 11) is 0. The molecule has 2 heterocycles. The van der Waals surface area contributed by atoms with E-state index >= 15 is 0 Å². The van der Waals surface area contributed by atoms with Crippen molar-refractivity contribution in [3.8, 4) is 0 Å². The van der Waals surface area contributed by atoms with Gasteiger partial charge in [0.25, 0.3) is 5.91 Å². The summed E-state index contributed by atoms with van der Waals surface area (Å²) in [6.07, 6.45) is 0.908. The Labute approximate surface area is 149 Å². The number of aryl methyl sites for hydroxylation is 1. The van der Waals surface area contributed by atoms with Gasteiger partial charge in [0, 0.05) is 10.3 Å². The minimum absolute atomic E-state index is 0.209. The molecule has 0 aliphatic rings. The zero-order valence-corrected chi connectivity index (χ0v) is 15.0. The molecule has 4 nitrogen and oxygen atoms in total. The largest absolute Gasteiger partial charge is 0.455 e. The molecular formula is C18H18N2O2S2. The fourth-order valence-corrected chi connectivity index (χ4v) is 3.71. The van der Waals surface area contributed by atoms with Gasteiger partial charge in [-0.15, -0.1) is 23.1 Å². The Balaban J connectivity index is 1.51. The van der Waals surface area contributed by atoms with Crippen LogP contribution in [0.5, 0.6) is 0 Å². The van der Waals surface area contributed by atoms with Crippen LogP contribution in [0.15, 0.2) is 57.2 Å². The molecule has 3 aromatic rings. The van der Waals surface area contributed by atoms with Crippen molar-refractivity contribution in [3.63, 3.8) is 0 Å². The molecule has 3 rings (SSSR count). The average Bonchev–Trinajstić information content (AvgIpc) is 3.28. The summed E-state index contributed by atoms with van der Waals surface area (Å²) in [6.45, 7) is 2.49. The van der Waals surface area contributed by atoms with Gasteiger partial charge in [0.15, 0.2) is 5.76 Å². The quantitative estimate of drug-likeness (QED) is 0.631. The fraction of sp³-hybridized carbons (Fsp3) is 0.222. The second kappa shape index (κ2) is 8.17. The maximum Gasteiger partial charge on any atom is 0.287 e. The topological polar surface area (TPSA) is 55.1 Å². The summed E-state index contributed by atoms with van der Waals surface area (Å²) in [5, 5.41) is 5.78. The van der Waals surface area contributed by atoms with Crippen molar-refractivity contribution in [2.24, 2.45) is 0 Å². The number of hydrogen-bond acceptors (Lipinski definition) is 5. The molecular weight excluding hydrogens is 340 g/mol. The highest BCUT2D eigenvalue weighted by Crippen LogP contribution is 2.23. The van der Waals surface area contributed by atoms with Crippen LogP contribution in [0.3, 0.4) is 0 Å². The fourth-order valence-electron chi connectivity index (χ4n) is 2.08. The van der Waals surface area contributed by atoms with Crippen LogP contribution in [0, 0.1) is 0 Å². The summed E-state index contributed by atoms with van der Waals surface area (Å²) in [5.74, 6) is 1.62. The van der Waals surface area contributed by atoms with E-state index in [1.807, 2.05) is 29.6 Å². The van der Waals surface area contributed by atoms with Crippen molar-refractivity contribution < 1.29 is 9.21 Å². The van der Waals surface area contributed by atoms with Crippen molar-refractivity contribution in [1.82, 2.24) is 10.3 Å². The van der Waals surface area contributed by atoms with Gasteiger partial charge >= 0.3 is 0 Å². The number of hydrogen-bond donors (Lipinski definition) is 1. The minimum atomic E-state index is -0.209. The van der Waals surface area contributed by atoms with Gasteiger partial charge in [-0.1, -0.05) is 25.1 Å². The summed E-state index contributed by atoms with van der Waals surface area (Å²) < 4.78 is 5.63. The van der Waals surface area contributed by atoms with Crippen LogP contribution in [-0.4, -0.2) is 10.9 Å². The predicted molar refractivity (Wildman–Crippen MR) is 97.4 cm³/mol. The third-order valence-electron chi connectivity index (χ3n) is 3.37. The number of carbonyl (C=O) groups excluding carboxylic acids is 1. The van der Waals surface area contributed by atoms with Crippen molar-refractivity contribution in [2.45, 2.75) is 30.5 Å². The van der Waals surface area contributed by atoms with Crippen molar-refractivity contribution in [2.75, 3.05) is 0 Å². The minimum Gasteiger partial charge on any atom is -0.455 e. The zero-order chi connectivity index (χ0) is 16.8. The zero-order valence-electron chi connectivity index (χ0n) is 13.3. The molecule has 1 amide bonds. The molecule has 0 aliphatic heterocycles. The third-order valence-corrected chi connectivity index (χ3v) is 5.30. The molecule has 0 saturated carbocycles. The van der Waals surface area contributed by atoms with E-state index in [2.05, 4.69) is 29.4 Å². The molecule has 1 N–H and O–H groups in total. The van der Waals surface area contributed by atoms with Crippen molar-refractivity contribution in [1.29, 1.82) is 0 Å². The van der Waals surface area contributed by atoms with Gasteiger partial charge in [-0.2, -0.15) is 0 Å². The first-order chi connectivity index (χ1) is 11.7. The summed E-state index contributed by atoms with van der Waals surface area (Å²) in [4.78, 5) is 17.8. The maximum atomic E-state index is 12.1. The first-order valence-corrected chi connectivity index (χ1v) is 9.59. The number of benzene rings is 1. The number of carbonyl (C=O) groups is 1. The number of amides is 1. The Bertz CT molecular complexity index is 796. The lowest BCUT2D eigenvalue weighted by atomic mass is 10.4. The number of rotatable bonds is 7. The molecule has 0 bridgehead atoms. The lowest BCUT2D eigenvalue weighted by Crippen LogP contribution is -2.22. The Morgan fingerprint density at radius 1 is 1.25 bits per heavy atom. The molecule has 6 heteroatoms. The molecule has 0 radical (unpaired) electrons. The van der Waals surface area contributed by atoms with Crippen LogP contribution < -0.4 is 5.32 Å². The van der Waals surface area contributed by atoms with E-state index in [-0.39, 0.29) is 5.91 Å². The Morgan fingerprint density at radius 3 is 2.83 bits per heavy atom. The van der Waals surface area contributed by atoms with Crippen LogP contribution in [0.25, 0.3) is 0 Å². The standard InChI is InChI=1S/C18H18N2O2S2/c1-2-13-11-24-17(20-13)10-19-18(21)16-9-8-14(22-16)12-23-15-6-4-3-5-7-15/h3-9,11H,2,10,12H2,1H3,(H,19,21). The lowest BCUT2D eigenvalue weighted by Gasteiger charge is -2.01. The monoisotopic (exact) mass is 358 g/mol. The SMILES string of the molecule is CCc1csc(CNC(=O)c2ccc(CSc3ccccc3)o2)n1. The number of nitrogens with one attached hydrogen (secondary N) is 1. The van der Waals surface area contributed by atoms with E-state index in [4.69, 9.17) is 4.42 Å². The summed E-state index contributed by atoms with van der Waals surface area (Å²) in [5.41, 5.74) is 1.06. The highest BCUT2D eigenvalue weighted by molar-refractivity contribution is 7.98. The molecule has 0 saturated heterocycles. The van der Waals surface area contributed by atoms with E-state index < -0.39 is 0 Å². The van der Waals surface area contributed by atoms with E-state index in [0.29, 0.717) is 18.1 Å². The second-order valence-electron chi connectivity index (χ2n) is 5.14. The molecule has 24 heavy (non-hydrogen) atoms.